The van der Waals surface area contributed by atoms with Crippen molar-refractivity contribution in [1.82, 2.24) is 0 Å². The molecule has 0 spiro atoms. The number of rotatable bonds is 1. The predicted octanol–water partition coefficient (Wildman–Crippen LogP) is -0.854. The monoisotopic (exact) mass is 70.0 g/mol. The molecule has 0 rings (SSSR count). The number of hydrogen-bond acceptors (Lipinski definition) is 2. The molecule has 0 unspecified atom stereocenters. The minimum absolute atomic E-state index is 0.472. The van der Waals surface area contributed by atoms with Crippen LogP contribution in [-0.2, 0) is 4.70 Å². The second-order valence-corrected chi connectivity index (χ2v) is 0.877. The molecule has 1 N–H and O–H groups in total. The average Bonchev–Trinajstić information content (AvgIpc) is 1.38. The summed E-state index contributed by atoms with van der Waals surface area (Å²) in [6.07, 6.45) is 0. The molecule has 0 aliphatic rings. The molecule has 26 valence electrons. The van der Waals surface area contributed by atoms with Gasteiger partial charge in [0.05, 0.1) is 0 Å². The van der Waals surface area contributed by atoms with Crippen molar-refractivity contribution in [2.24, 2.45) is 0 Å². The fourth-order valence-corrected chi connectivity index (χ4v) is 0. The first kappa shape index (κ1) is 4.89. The van der Waals surface area contributed by atoms with Gasteiger partial charge in [-0.3, -0.25) is 0 Å². The van der Waals surface area contributed by atoms with E-state index in [4.69, 9.17) is 5.02 Å². The van der Waals surface area contributed by atoms with Crippen LogP contribution in [0.25, 0.3) is 0 Å². The zero-order valence-electron chi connectivity index (χ0n) is 3.01. The maximum atomic E-state index is 9.25. The van der Waals surface area contributed by atoms with Gasteiger partial charge in [0.15, 0.2) is 0 Å². The van der Waals surface area contributed by atoms with Crippen LogP contribution in [0.15, 0.2) is 0 Å². The van der Waals surface area contributed by atoms with Crippen LogP contribution in [0.3, 0.4) is 0 Å². The van der Waals surface area contributed by atoms with Gasteiger partial charge in [-0.1, -0.05) is 0 Å². The molecule has 0 atom stereocenters. The molecule has 2 nitrogen and oxygen atoms in total. The number of hydrogen-bond donors (Lipinski definition) is 1. The first-order chi connectivity index (χ1) is 2.27. The predicted molar refractivity (Wildman–Crippen MR) is 20.3 cm³/mol. The quantitative estimate of drug-likeness (QED) is 0.407. The summed E-state index contributed by atoms with van der Waals surface area (Å²) >= 11 is 0. The molecule has 0 fully saturated rings. The van der Waals surface area contributed by atoms with Gasteiger partial charge in [-0.2, -0.15) is 0 Å². The topological polar surface area (TPSA) is 37.3 Å². The van der Waals surface area contributed by atoms with E-state index in [2.05, 4.69) is 0 Å². The molecule has 0 saturated heterocycles. The molecule has 0 bridgehead atoms. The van der Waals surface area contributed by atoms with Gasteiger partial charge in [0.1, 0.15) is 0 Å². The van der Waals surface area contributed by atoms with Gasteiger partial charge >= 0.3 is 30.4 Å². The van der Waals surface area contributed by atoms with Crippen molar-refractivity contribution in [2.75, 3.05) is 0 Å². The van der Waals surface area contributed by atoms with E-state index < -0.39 is 6.81 Å². The summed E-state index contributed by atoms with van der Waals surface area (Å²) in [6.45, 7) is 0.613. The maximum absolute atomic E-state index is 9.25. The third-order valence-electron chi connectivity index (χ3n) is 0.197. The Balaban J connectivity index is 2.83. The Bertz CT molecular complexity index is 34.6. The van der Waals surface area contributed by atoms with E-state index in [0.29, 0.717) is 7.04 Å². The van der Waals surface area contributed by atoms with Crippen molar-refractivity contribution in [2.45, 2.75) is 6.82 Å². The Labute approximate surface area is 31.5 Å². The fourth-order valence-electron chi connectivity index (χ4n) is 0. The molecule has 0 saturated carbocycles. The molecule has 0 radical (unpaired) electrons. The normalized spacial score (nSPS) is 6.00. The van der Waals surface area contributed by atoms with Gasteiger partial charge in [-0.15, -0.1) is 0 Å². The van der Waals surface area contributed by atoms with Gasteiger partial charge in [0, 0.05) is 0 Å². The molecule has 0 aromatic rings. The van der Waals surface area contributed by atoms with Gasteiger partial charge in [0.2, 0.25) is 0 Å². The fraction of sp³-hybridized carbons (Fsp3) is 1.00. The van der Waals surface area contributed by atoms with Crippen LogP contribution in [0.1, 0.15) is 0 Å². The van der Waals surface area contributed by atoms with Crippen molar-refractivity contribution < 1.29 is 9.73 Å². The van der Waals surface area contributed by atoms with E-state index in [1.165, 1.54) is 6.82 Å². The summed E-state index contributed by atoms with van der Waals surface area (Å²) in [4.78, 5) is 0. The van der Waals surface area contributed by atoms with Crippen molar-refractivity contribution >= 4 is 13.8 Å². The third-order valence-corrected chi connectivity index (χ3v) is 0.197. The molecular formula is CH4B2O2. The van der Waals surface area contributed by atoms with E-state index in [1.54, 1.807) is 0 Å². The van der Waals surface area contributed by atoms with E-state index in [9.17, 15) is 4.70 Å². The molecule has 0 aliphatic heterocycles. The van der Waals surface area contributed by atoms with Crippen LogP contribution in [-0.4, -0.2) is 18.9 Å². The van der Waals surface area contributed by atoms with Crippen LogP contribution in [0.5, 0.6) is 0 Å². The van der Waals surface area contributed by atoms with E-state index in [1.807, 2.05) is 0 Å². The second kappa shape index (κ2) is 2.15. The minimum atomic E-state index is -0.796. The van der Waals surface area contributed by atoms with Gasteiger partial charge in [-0.25, -0.2) is 0 Å². The zero-order valence-corrected chi connectivity index (χ0v) is 3.01. The summed E-state index contributed by atoms with van der Waals surface area (Å²) < 4.78 is 9.25. The Morgan fingerprint density at radius 2 is 2.20 bits per heavy atom. The van der Waals surface area contributed by atoms with E-state index >= 15 is 0 Å². The summed E-state index contributed by atoms with van der Waals surface area (Å²) in [5, 5.41) is 7.99. The second-order valence-electron chi connectivity index (χ2n) is 0.877. The Morgan fingerprint density at radius 3 is 2.20 bits per heavy atom. The SMILES string of the molecule is CB(O)B=O. The molecule has 0 heterocycles. The van der Waals surface area contributed by atoms with Crippen molar-refractivity contribution in [3.8, 4) is 0 Å². The van der Waals surface area contributed by atoms with Crippen LogP contribution >= 0.6 is 0 Å². The van der Waals surface area contributed by atoms with Crippen LogP contribution in [0, 0.1) is 0 Å². The molecule has 4 heteroatoms. The van der Waals surface area contributed by atoms with E-state index in [-0.39, 0.29) is 0 Å². The molecular weight excluding hydrogens is 65.6 g/mol. The molecule has 5 heavy (non-hydrogen) atoms. The third kappa shape index (κ3) is 3.89. The molecule has 0 aromatic carbocycles. The zero-order chi connectivity index (χ0) is 4.28. The molecule has 0 aromatic heterocycles. The van der Waals surface area contributed by atoms with Crippen molar-refractivity contribution in [1.29, 1.82) is 0 Å². The Morgan fingerprint density at radius 1 is 2.00 bits per heavy atom. The summed E-state index contributed by atoms with van der Waals surface area (Å²) in [5.74, 6) is 0. The first-order valence-electron chi connectivity index (χ1n) is 1.40. The molecule has 0 aliphatic carbocycles. The molecule has 0 amide bonds. The summed E-state index contributed by atoms with van der Waals surface area (Å²) in [6, 6.07) is 0. The van der Waals surface area contributed by atoms with Crippen molar-refractivity contribution in [3.05, 3.63) is 0 Å². The summed E-state index contributed by atoms with van der Waals surface area (Å²) in [5.41, 5.74) is 0. The van der Waals surface area contributed by atoms with Crippen LogP contribution < -0.4 is 0 Å². The van der Waals surface area contributed by atoms with Gasteiger partial charge < -0.3 is 0 Å². The average molecular weight is 69.7 g/mol. The summed E-state index contributed by atoms with van der Waals surface area (Å²) in [7, 11) is 0.472. The standard InChI is InChI=1S/CH4B2O2/c1-3(5)2-4/h5H,1H3. The Kier molecular flexibility index (Phi) is 2.10. The van der Waals surface area contributed by atoms with E-state index in [0.717, 1.165) is 0 Å². The van der Waals surface area contributed by atoms with Gasteiger partial charge in [-0.05, 0) is 0 Å². The van der Waals surface area contributed by atoms with Crippen molar-refractivity contribution in [3.63, 3.8) is 0 Å². The van der Waals surface area contributed by atoms with Crippen LogP contribution in [0.2, 0.25) is 6.82 Å². The Hall–Kier alpha value is -0.110. The van der Waals surface area contributed by atoms with Crippen LogP contribution in [0.4, 0.5) is 0 Å². The van der Waals surface area contributed by atoms with Gasteiger partial charge in [0.25, 0.3) is 0 Å². The first-order valence-corrected chi connectivity index (χ1v) is 1.40.